The summed E-state index contributed by atoms with van der Waals surface area (Å²) in [5.74, 6) is 0.756. The Morgan fingerprint density at radius 3 is 2.79 bits per heavy atom. The lowest BCUT2D eigenvalue weighted by Crippen LogP contribution is -2.25. The van der Waals surface area contributed by atoms with Gasteiger partial charge < -0.3 is 14.4 Å². The van der Waals surface area contributed by atoms with Crippen LogP contribution in [0.1, 0.15) is 39.5 Å². The van der Waals surface area contributed by atoms with E-state index in [1.165, 1.54) is 16.9 Å². The minimum Gasteiger partial charge on any atom is -0.343 e. The second-order valence-corrected chi connectivity index (χ2v) is 8.00. The highest BCUT2D eigenvalue weighted by molar-refractivity contribution is 7.15. The topological polar surface area (TPSA) is 85.8 Å². The van der Waals surface area contributed by atoms with Crippen LogP contribution in [0.5, 0.6) is 0 Å². The maximum atomic E-state index is 13.1. The van der Waals surface area contributed by atoms with Crippen molar-refractivity contribution in [1.29, 1.82) is 0 Å². The Kier molecular flexibility index (Phi) is 4.69. The van der Waals surface area contributed by atoms with E-state index in [-0.39, 0.29) is 12.5 Å². The van der Waals surface area contributed by atoms with Gasteiger partial charge in [-0.1, -0.05) is 5.16 Å². The maximum absolute atomic E-state index is 13.1. The summed E-state index contributed by atoms with van der Waals surface area (Å²) in [6.45, 7) is 0.187. The Labute approximate surface area is 171 Å². The summed E-state index contributed by atoms with van der Waals surface area (Å²) in [5.41, 5.74) is 2.78. The monoisotopic (exact) mass is 405 g/mol. The number of fused-ring (bicyclic) bond motifs is 1. The van der Waals surface area contributed by atoms with Crippen molar-refractivity contribution in [2.45, 2.75) is 32.2 Å². The smallest absolute Gasteiger partial charge is 0.255 e. The molecule has 1 aliphatic carbocycles. The van der Waals surface area contributed by atoms with E-state index in [1.54, 1.807) is 23.7 Å². The largest absolute Gasteiger partial charge is 0.343 e. The molecule has 0 saturated heterocycles. The first kappa shape index (κ1) is 17.8. The molecule has 1 aliphatic rings. The number of carbonyl (C=O) groups excluding carboxylic acids is 1. The second kappa shape index (κ2) is 7.63. The van der Waals surface area contributed by atoms with Crippen LogP contribution < -0.4 is 5.32 Å². The van der Waals surface area contributed by atoms with Crippen molar-refractivity contribution < 1.29 is 9.32 Å². The number of carbonyl (C=O) groups is 1. The Hall–Kier alpha value is -3.26. The minimum absolute atomic E-state index is 0.100. The predicted molar refractivity (Wildman–Crippen MR) is 109 cm³/mol. The van der Waals surface area contributed by atoms with E-state index in [9.17, 15) is 4.79 Å². The Bertz CT molecular complexity index is 1130. The molecular weight excluding hydrogens is 386 g/mol. The molecule has 4 heterocycles. The quantitative estimate of drug-likeness (QED) is 0.546. The number of hydrogen-bond donors (Lipinski definition) is 1. The summed E-state index contributed by atoms with van der Waals surface area (Å²) in [6, 6.07) is 7.57. The zero-order valence-electron chi connectivity index (χ0n) is 15.7. The van der Waals surface area contributed by atoms with Crippen molar-refractivity contribution in [2.75, 3.05) is 0 Å². The number of nitrogens with zero attached hydrogens (tertiary/aromatic N) is 4. The average molecular weight is 405 g/mol. The molecule has 4 aromatic heterocycles. The van der Waals surface area contributed by atoms with Crippen LogP contribution in [0.25, 0.3) is 16.4 Å². The van der Waals surface area contributed by atoms with E-state index in [0.29, 0.717) is 11.7 Å². The zero-order chi connectivity index (χ0) is 19.6. The highest BCUT2D eigenvalue weighted by Crippen LogP contribution is 2.36. The second-order valence-electron chi connectivity index (χ2n) is 6.91. The first-order chi connectivity index (χ1) is 14.3. The van der Waals surface area contributed by atoms with Crippen LogP contribution in [-0.2, 0) is 19.4 Å². The summed E-state index contributed by atoms with van der Waals surface area (Å²) < 4.78 is 7.32. The number of nitrogens with one attached hydrogen (secondary N) is 1. The molecule has 8 heteroatoms. The first-order valence-electron chi connectivity index (χ1n) is 9.58. The van der Waals surface area contributed by atoms with E-state index in [2.05, 4.69) is 20.4 Å². The standard InChI is InChI=1S/C21H19N5O2S/c27-20(23-13-17-24-19(25-28-17)14-7-9-22-10-8-14)18-15-5-1-2-6-16(15)29-21(18)26-11-3-4-12-26/h3-4,7-12H,1-2,5-6,13H2,(H,23,27). The van der Waals surface area contributed by atoms with Crippen molar-refractivity contribution in [3.63, 3.8) is 0 Å². The Morgan fingerprint density at radius 2 is 1.97 bits per heavy atom. The summed E-state index contributed by atoms with van der Waals surface area (Å²) in [7, 11) is 0. The van der Waals surface area contributed by atoms with Crippen LogP contribution in [0.15, 0.2) is 53.6 Å². The highest BCUT2D eigenvalue weighted by atomic mass is 32.1. The highest BCUT2D eigenvalue weighted by Gasteiger charge is 2.26. The molecule has 7 nitrogen and oxygen atoms in total. The van der Waals surface area contributed by atoms with Gasteiger partial charge in [0.25, 0.3) is 5.91 Å². The fourth-order valence-electron chi connectivity index (χ4n) is 3.63. The van der Waals surface area contributed by atoms with Crippen LogP contribution in [0, 0.1) is 0 Å². The third-order valence-electron chi connectivity index (χ3n) is 5.03. The third-order valence-corrected chi connectivity index (χ3v) is 6.33. The first-order valence-corrected chi connectivity index (χ1v) is 10.4. The fourth-order valence-corrected chi connectivity index (χ4v) is 4.98. The van der Waals surface area contributed by atoms with Crippen molar-refractivity contribution >= 4 is 17.2 Å². The number of amides is 1. The van der Waals surface area contributed by atoms with Gasteiger partial charge in [0.15, 0.2) is 0 Å². The molecule has 4 aromatic rings. The van der Waals surface area contributed by atoms with Gasteiger partial charge in [-0.3, -0.25) is 9.78 Å². The zero-order valence-corrected chi connectivity index (χ0v) is 16.5. The third kappa shape index (κ3) is 3.47. The molecule has 0 atom stereocenters. The molecule has 5 rings (SSSR count). The number of hydrogen-bond acceptors (Lipinski definition) is 6. The summed E-state index contributed by atoms with van der Waals surface area (Å²) >= 11 is 1.72. The van der Waals surface area contributed by atoms with E-state index in [1.807, 2.05) is 41.2 Å². The van der Waals surface area contributed by atoms with Crippen LogP contribution >= 0.6 is 11.3 Å². The van der Waals surface area contributed by atoms with Crippen molar-refractivity contribution in [2.24, 2.45) is 0 Å². The van der Waals surface area contributed by atoms with Crippen molar-refractivity contribution in [1.82, 2.24) is 25.0 Å². The molecule has 0 aliphatic heterocycles. The van der Waals surface area contributed by atoms with Crippen LogP contribution in [0.4, 0.5) is 0 Å². The van der Waals surface area contributed by atoms with E-state index < -0.39 is 0 Å². The lowest BCUT2D eigenvalue weighted by atomic mass is 9.95. The fraction of sp³-hybridized carbons (Fsp3) is 0.238. The van der Waals surface area contributed by atoms with Gasteiger partial charge in [0.2, 0.25) is 11.7 Å². The molecule has 1 N–H and O–H groups in total. The molecule has 0 aromatic carbocycles. The van der Waals surface area contributed by atoms with Gasteiger partial charge in [-0.15, -0.1) is 11.3 Å². The lowest BCUT2D eigenvalue weighted by Gasteiger charge is -2.12. The SMILES string of the molecule is O=C(NCc1nc(-c2ccncc2)no1)c1c(-n2cccc2)sc2c1CCCC2. The number of aryl methyl sites for hydroxylation is 1. The Balaban J connectivity index is 1.38. The van der Waals surface area contributed by atoms with Gasteiger partial charge >= 0.3 is 0 Å². The average Bonchev–Trinajstić information content (AvgIpc) is 3.52. The van der Waals surface area contributed by atoms with E-state index >= 15 is 0 Å². The molecule has 0 spiro atoms. The molecule has 29 heavy (non-hydrogen) atoms. The maximum Gasteiger partial charge on any atom is 0.255 e. The summed E-state index contributed by atoms with van der Waals surface area (Å²) in [5, 5.41) is 7.93. The molecular formula is C21H19N5O2S. The minimum atomic E-state index is -0.100. The number of thiophene rings is 1. The summed E-state index contributed by atoms with van der Waals surface area (Å²) in [6.07, 6.45) is 11.6. The number of rotatable bonds is 5. The molecule has 0 unspecified atom stereocenters. The normalized spacial score (nSPS) is 13.2. The summed E-state index contributed by atoms with van der Waals surface area (Å²) in [4.78, 5) is 22.8. The number of pyridine rings is 1. The van der Waals surface area contributed by atoms with Gasteiger partial charge in [0, 0.05) is 35.2 Å². The number of aromatic nitrogens is 4. The van der Waals surface area contributed by atoms with Gasteiger partial charge in [-0.05, 0) is 55.5 Å². The van der Waals surface area contributed by atoms with Gasteiger partial charge in [-0.25, -0.2) is 0 Å². The van der Waals surface area contributed by atoms with E-state index in [0.717, 1.165) is 35.4 Å². The van der Waals surface area contributed by atoms with Gasteiger partial charge in [0.05, 0.1) is 12.1 Å². The van der Waals surface area contributed by atoms with Gasteiger partial charge in [0.1, 0.15) is 5.00 Å². The Morgan fingerprint density at radius 1 is 1.17 bits per heavy atom. The van der Waals surface area contributed by atoms with Crippen LogP contribution in [-0.4, -0.2) is 25.6 Å². The lowest BCUT2D eigenvalue weighted by molar-refractivity contribution is 0.0945. The molecule has 1 amide bonds. The van der Waals surface area contributed by atoms with Crippen LogP contribution in [0.2, 0.25) is 0 Å². The van der Waals surface area contributed by atoms with Gasteiger partial charge in [-0.2, -0.15) is 4.98 Å². The molecule has 0 saturated carbocycles. The van der Waals surface area contributed by atoms with Crippen molar-refractivity contribution in [3.8, 4) is 16.4 Å². The predicted octanol–water partition coefficient (Wildman–Crippen LogP) is 3.79. The molecule has 0 fully saturated rings. The van der Waals surface area contributed by atoms with Crippen LogP contribution in [0.3, 0.4) is 0 Å². The van der Waals surface area contributed by atoms with Crippen molar-refractivity contribution in [3.05, 3.63) is 70.9 Å². The molecule has 0 radical (unpaired) electrons. The molecule has 146 valence electrons. The van der Waals surface area contributed by atoms with E-state index in [4.69, 9.17) is 4.52 Å². The molecule has 0 bridgehead atoms.